The summed E-state index contributed by atoms with van der Waals surface area (Å²) in [6.45, 7) is 3.91. The van der Waals surface area contributed by atoms with Gasteiger partial charge in [0.15, 0.2) is 0 Å². The van der Waals surface area contributed by atoms with Crippen molar-refractivity contribution in [1.29, 1.82) is 5.26 Å². The number of amides is 2. The molecule has 7 heteroatoms. The second-order valence-electron chi connectivity index (χ2n) is 10.7. The molecule has 0 unspecified atom stereocenters. The van der Waals surface area contributed by atoms with E-state index in [0.717, 1.165) is 44.2 Å². The molecule has 0 spiro atoms. The minimum Gasteiger partial charge on any atom is -0.330 e. The second-order valence-corrected chi connectivity index (χ2v) is 10.7. The number of hydrogen-bond acceptors (Lipinski definition) is 4. The van der Waals surface area contributed by atoms with Crippen LogP contribution in [-0.2, 0) is 9.59 Å². The van der Waals surface area contributed by atoms with Gasteiger partial charge in [-0.25, -0.2) is 4.39 Å². The molecule has 3 aliphatic heterocycles. The van der Waals surface area contributed by atoms with E-state index >= 15 is 0 Å². The lowest BCUT2D eigenvalue weighted by Crippen LogP contribution is -2.54. The van der Waals surface area contributed by atoms with Gasteiger partial charge in [0.05, 0.1) is 18.2 Å². The molecule has 4 fully saturated rings. The third-order valence-electron chi connectivity index (χ3n) is 8.54. The van der Waals surface area contributed by atoms with Crippen molar-refractivity contribution in [2.24, 2.45) is 11.8 Å². The van der Waals surface area contributed by atoms with Crippen molar-refractivity contribution in [3.63, 3.8) is 0 Å². The first kappa shape index (κ1) is 23.3. The number of hydrogen-bond donors (Lipinski definition) is 0. The van der Waals surface area contributed by atoms with Gasteiger partial charge in [-0.1, -0.05) is 38.3 Å². The number of carbonyl (C=O) groups is 2. The Morgan fingerprint density at radius 3 is 2.56 bits per heavy atom. The predicted octanol–water partition coefficient (Wildman–Crippen LogP) is 3.88. The molecular formula is C27H35FN4O2. The van der Waals surface area contributed by atoms with Crippen molar-refractivity contribution in [3.8, 4) is 6.07 Å². The third kappa shape index (κ3) is 4.22. The Hall–Kier alpha value is -2.46. The van der Waals surface area contributed by atoms with Gasteiger partial charge >= 0.3 is 0 Å². The second kappa shape index (κ2) is 9.65. The quantitative estimate of drug-likeness (QED) is 0.638. The molecule has 4 aliphatic rings. The highest BCUT2D eigenvalue weighted by Crippen LogP contribution is 2.45. The van der Waals surface area contributed by atoms with E-state index in [4.69, 9.17) is 0 Å². The van der Waals surface area contributed by atoms with Crippen LogP contribution >= 0.6 is 0 Å². The highest BCUT2D eigenvalue weighted by Gasteiger charge is 2.53. The summed E-state index contributed by atoms with van der Waals surface area (Å²) in [7, 11) is 0. The lowest BCUT2D eigenvalue weighted by molar-refractivity contribution is -0.143. The molecule has 0 aromatic heterocycles. The van der Waals surface area contributed by atoms with Crippen molar-refractivity contribution in [2.45, 2.75) is 82.5 Å². The number of nitriles is 1. The van der Waals surface area contributed by atoms with Gasteiger partial charge in [-0.2, -0.15) is 5.26 Å². The molecule has 6 nitrogen and oxygen atoms in total. The number of benzene rings is 1. The Morgan fingerprint density at radius 2 is 1.88 bits per heavy atom. The molecule has 5 atom stereocenters. The maximum atomic E-state index is 13.7. The molecule has 1 aliphatic carbocycles. The maximum absolute atomic E-state index is 13.7. The van der Waals surface area contributed by atoms with Crippen LogP contribution < -0.4 is 0 Å². The van der Waals surface area contributed by atoms with E-state index in [0.29, 0.717) is 19.0 Å². The van der Waals surface area contributed by atoms with Gasteiger partial charge < -0.3 is 9.80 Å². The van der Waals surface area contributed by atoms with Crippen molar-refractivity contribution < 1.29 is 14.0 Å². The Labute approximate surface area is 201 Å². The first-order valence-corrected chi connectivity index (χ1v) is 13.0. The van der Waals surface area contributed by atoms with Crippen LogP contribution in [0.25, 0.3) is 0 Å². The highest BCUT2D eigenvalue weighted by atomic mass is 19.1. The van der Waals surface area contributed by atoms with Crippen LogP contribution in [-0.4, -0.2) is 64.3 Å². The number of fused-ring (bicyclic) bond motifs is 2. The van der Waals surface area contributed by atoms with E-state index < -0.39 is 0 Å². The van der Waals surface area contributed by atoms with Gasteiger partial charge in [0.1, 0.15) is 11.9 Å². The smallest absolute Gasteiger partial charge is 0.240 e. The van der Waals surface area contributed by atoms with Crippen LogP contribution in [0.3, 0.4) is 0 Å². The zero-order chi connectivity index (χ0) is 23.8. The predicted molar refractivity (Wildman–Crippen MR) is 126 cm³/mol. The van der Waals surface area contributed by atoms with Crippen LogP contribution in [0, 0.1) is 29.0 Å². The minimum atomic E-state index is -0.311. The fourth-order valence-electron chi connectivity index (χ4n) is 6.90. The van der Waals surface area contributed by atoms with Gasteiger partial charge in [0, 0.05) is 31.6 Å². The lowest BCUT2D eigenvalue weighted by atomic mass is 9.80. The lowest BCUT2D eigenvalue weighted by Gasteiger charge is -2.43. The summed E-state index contributed by atoms with van der Waals surface area (Å²) < 4.78 is 13.7. The van der Waals surface area contributed by atoms with Crippen LogP contribution in [0.5, 0.6) is 0 Å². The summed E-state index contributed by atoms with van der Waals surface area (Å²) in [5.74, 6) is 0.117. The summed E-state index contributed by atoms with van der Waals surface area (Å²) in [4.78, 5) is 32.7. The Bertz CT molecular complexity index is 954. The molecule has 1 aromatic carbocycles. The number of halogens is 1. The summed E-state index contributed by atoms with van der Waals surface area (Å²) >= 11 is 0. The van der Waals surface area contributed by atoms with Gasteiger partial charge in [0.2, 0.25) is 11.8 Å². The topological polar surface area (TPSA) is 67.7 Å². The zero-order valence-corrected chi connectivity index (χ0v) is 20.0. The molecule has 3 heterocycles. The van der Waals surface area contributed by atoms with Crippen LogP contribution in [0.2, 0.25) is 0 Å². The van der Waals surface area contributed by atoms with E-state index in [1.165, 1.54) is 31.4 Å². The van der Waals surface area contributed by atoms with E-state index in [1.807, 2.05) is 19.1 Å². The Morgan fingerprint density at radius 1 is 1.15 bits per heavy atom. The van der Waals surface area contributed by atoms with E-state index in [-0.39, 0.29) is 47.7 Å². The minimum absolute atomic E-state index is 0.00518. The normalized spacial score (nSPS) is 29.4. The number of piperazine rings is 1. The average Bonchev–Trinajstić information content (AvgIpc) is 3.56. The number of nitrogens with zero attached hydrogens (tertiary/aromatic N) is 4. The molecule has 34 heavy (non-hydrogen) atoms. The Kier molecular flexibility index (Phi) is 6.61. The number of rotatable bonds is 6. The first-order chi connectivity index (χ1) is 16.5. The summed E-state index contributed by atoms with van der Waals surface area (Å²) in [5, 5.41) is 9.34. The maximum Gasteiger partial charge on any atom is 0.240 e. The molecule has 2 bridgehead atoms. The fourth-order valence-corrected chi connectivity index (χ4v) is 6.90. The highest BCUT2D eigenvalue weighted by molar-refractivity contribution is 5.86. The van der Waals surface area contributed by atoms with E-state index in [2.05, 4.69) is 15.9 Å². The molecule has 1 aromatic rings. The summed E-state index contributed by atoms with van der Waals surface area (Å²) in [5.41, 5.74) is 1.04. The molecule has 1 saturated carbocycles. The van der Waals surface area contributed by atoms with Crippen LogP contribution in [0.4, 0.5) is 4.39 Å². The molecule has 3 saturated heterocycles. The monoisotopic (exact) mass is 466 g/mol. The van der Waals surface area contributed by atoms with Gasteiger partial charge in [-0.15, -0.1) is 0 Å². The molecule has 182 valence electrons. The summed E-state index contributed by atoms with van der Waals surface area (Å²) in [6.07, 6.45) is 8.26. The largest absolute Gasteiger partial charge is 0.330 e. The fraction of sp³-hybridized carbons (Fsp3) is 0.667. The Balaban J connectivity index is 1.30. The van der Waals surface area contributed by atoms with Gasteiger partial charge in [-0.05, 0) is 55.7 Å². The molecular weight excluding hydrogens is 431 g/mol. The molecule has 5 rings (SSSR count). The zero-order valence-electron chi connectivity index (χ0n) is 20.0. The molecule has 2 amide bonds. The molecule has 0 radical (unpaired) electrons. The van der Waals surface area contributed by atoms with Crippen molar-refractivity contribution in [1.82, 2.24) is 14.7 Å². The van der Waals surface area contributed by atoms with Gasteiger partial charge in [0.25, 0.3) is 0 Å². The summed E-state index contributed by atoms with van der Waals surface area (Å²) in [6, 6.07) is 8.63. The van der Waals surface area contributed by atoms with E-state index in [9.17, 15) is 19.2 Å². The average molecular weight is 467 g/mol. The number of likely N-dealkylation sites (tertiary alicyclic amines) is 3. The van der Waals surface area contributed by atoms with Gasteiger partial charge in [-0.3, -0.25) is 14.5 Å². The standard InChI is InChI=1S/C27H35FN4O2/c1-18(26(33)31-13-5-8-22(31)15-29)16-30-17-23-14-24(30)27(34)32(23)25(19-6-3-2-4-7-19)20-9-11-21(28)12-10-20/h9-12,18-19,22-25H,2-8,13-14,16-17H2,1H3/t18-,22-,23-,24-,25+/m0/s1. The van der Waals surface area contributed by atoms with E-state index in [1.54, 1.807) is 4.90 Å². The first-order valence-electron chi connectivity index (χ1n) is 13.0. The molecule has 0 N–H and O–H groups in total. The van der Waals surface area contributed by atoms with Crippen LogP contribution in [0.15, 0.2) is 24.3 Å². The van der Waals surface area contributed by atoms with Crippen molar-refractivity contribution >= 4 is 11.8 Å². The third-order valence-corrected chi connectivity index (χ3v) is 8.54. The number of carbonyl (C=O) groups excluding carboxylic acids is 2. The van der Waals surface area contributed by atoms with Crippen molar-refractivity contribution in [3.05, 3.63) is 35.6 Å². The SMILES string of the molecule is C[C@@H](CN1C[C@@H]2C[C@H]1C(=O)N2[C@@H](c1ccc(F)cc1)C1CCCCC1)C(=O)N1CCC[C@H]1C#N. The van der Waals surface area contributed by atoms with Crippen LogP contribution in [0.1, 0.15) is 69.9 Å². The van der Waals surface area contributed by atoms with Crippen molar-refractivity contribution in [2.75, 3.05) is 19.6 Å².